The third-order valence-corrected chi connectivity index (χ3v) is 4.25. The molecule has 0 aromatic heterocycles. The minimum absolute atomic E-state index is 0.0129. The summed E-state index contributed by atoms with van der Waals surface area (Å²) in [6.45, 7) is 3.86. The van der Waals surface area contributed by atoms with E-state index in [1.807, 2.05) is 50.2 Å². The van der Waals surface area contributed by atoms with E-state index in [0.717, 1.165) is 10.8 Å². The molecule has 1 amide bonds. The lowest BCUT2D eigenvalue weighted by atomic mass is 9.94. The molecule has 0 aliphatic rings. The highest BCUT2D eigenvalue weighted by Crippen LogP contribution is 2.17. The Bertz CT molecular complexity index is 900. The number of fused-ring (bicyclic) bond motifs is 1. The van der Waals surface area contributed by atoms with Crippen LogP contribution < -0.4 is 5.32 Å². The molecule has 0 saturated carbocycles. The maximum Gasteiger partial charge on any atom is 0.251 e. The zero-order valence-electron chi connectivity index (χ0n) is 14.3. The first kappa shape index (κ1) is 16.9. The van der Waals surface area contributed by atoms with Crippen molar-refractivity contribution in [1.82, 2.24) is 5.32 Å². The molecule has 3 rings (SSSR count). The van der Waals surface area contributed by atoms with Gasteiger partial charge in [-0.2, -0.15) is 0 Å². The van der Waals surface area contributed by atoms with Gasteiger partial charge in [-0.1, -0.05) is 68.4 Å². The summed E-state index contributed by atoms with van der Waals surface area (Å²) in [6.07, 6.45) is 0. The summed E-state index contributed by atoms with van der Waals surface area (Å²) in [4.78, 5) is 25.4. The Hall–Kier alpha value is -2.94. The molecule has 0 heterocycles. The van der Waals surface area contributed by atoms with Crippen molar-refractivity contribution in [3.63, 3.8) is 0 Å². The second-order valence-corrected chi connectivity index (χ2v) is 6.41. The van der Waals surface area contributed by atoms with Gasteiger partial charge >= 0.3 is 0 Å². The van der Waals surface area contributed by atoms with Crippen LogP contribution in [-0.4, -0.2) is 17.7 Å². The molecule has 125 valence electrons. The molecule has 3 aromatic rings. The van der Waals surface area contributed by atoms with Crippen molar-refractivity contribution in [2.24, 2.45) is 5.92 Å². The molecule has 0 spiro atoms. The van der Waals surface area contributed by atoms with Gasteiger partial charge in [0.15, 0.2) is 5.78 Å². The predicted octanol–water partition coefficient (Wildman–Crippen LogP) is 4.28. The molecule has 3 heteroatoms. The van der Waals surface area contributed by atoms with Crippen LogP contribution in [-0.2, 0) is 0 Å². The maximum absolute atomic E-state index is 12.7. The standard InChI is InChI=1S/C22H20NO2/c1-15(2)20(21(24)17-9-4-3-5-10-17)23-22(25)19-13-12-16-8-6-7-11-18(16)14-19/h4-15,20H,1-2H3,(H,23,25)/t20-/m0/s1. The number of carbonyl (C=O) groups is 2. The van der Waals surface area contributed by atoms with Crippen molar-refractivity contribution >= 4 is 22.5 Å². The number of hydrogen-bond donors (Lipinski definition) is 1. The molecular weight excluding hydrogens is 310 g/mol. The summed E-state index contributed by atoms with van der Waals surface area (Å²) in [7, 11) is 0. The maximum atomic E-state index is 12.7. The smallest absolute Gasteiger partial charge is 0.251 e. The minimum Gasteiger partial charge on any atom is -0.342 e. The average molecular weight is 330 g/mol. The van der Waals surface area contributed by atoms with Crippen molar-refractivity contribution < 1.29 is 9.59 Å². The number of ketones is 1. The first-order chi connectivity index (χ1) is 12.1. The second-order valence-electron chi connectivity index (χ2n) is 6.41. The normalized spacial score (nSPS) is 12.1. The van der Waals surface area contributed by atoms with E-state index in [-0.39, 0.29) is 17.6 Å². The molecule has 1 atom stereocenters. The number of carbonyl (C=O) groups excluding carboxylic acids is 2. The van der Waals surface area contributed by atoms with E-state index in [4.69, 9.17) is 0 Å². The number of rotatable bonds is 5. The van der Waals surface area contributed by atoms with E-state index < -0.39 is 6.04 Å². The lowest BCUT2D eigenvalue weighted by Gasteiger charge is -2.21. The zero-order valence-corrected chi connectivity index (χ0v) is 14.3. The van der Waals surface area contributed by atoms with Gasteiger partial charge in [-0.15, -0.1) is 0 Å². The highest BCUT2D eigenvalue weighted by Gasteiger charge is 2.25. The number of hydrogen-bond acceptors (Lipinski definition) is 2. The Balaban J connectivity index is 1.83. The monoisotopic (exact) mass is 330 g/mol. The predicted molar refractivity (Wildman–Crippen MR) is 99.6 cm³/mol. The van der Waals surface area contributed by atoms with Crippen molar-refractivity contribution in [3.05, 3.63) is 83.9 Å². The van der Waals surface area contributed by atoms with Crippen molar-refractivity contribution in [2.75, 3.05) is 0 Å². The van der Waals surface area contributed by atoms with Crippen molar-refractivity contribution in [1.29, 1.82) is 0 Å². The van der Waals surface area contributed by atoms with Crippen LogP contribution >= 0.6 is 0 Å². The van der Waals surface area contributed by atoms with Crippen LogP contribution in [0.1, 0.15) is 34.6 Å². The van der Waals surface area contributed by atoms with Crippen LogP contribution in [0.3, 0.4) is 0 Å². The molecule has 0 unspecified atom stereocenters. The van der Waals surface area contributed by atoms with Gasteiger partial charge in [0.25, 0.3) is 5.91 Å². The summed E-state index contributed by atoms with van der Waals surface area (Å²) in [5, 5.41) is 4.98. The molecule has 0 aliphatic carbocycles. The van der Waals surface area contributed by atoms with Gasteiger partial charge in [0, 0.05) is 11.1 Å². The molecule has 25 heavy (non-hydrogen) atoms. The van der Waals surface area contributed by atoms with Gasteiger partial charge < -0.3 is 5.32 Å². The first-order valence-corrected chi connectivity index (χ1v) is 8.36. The molecule has 1 N–H and O–H groups in total. The fourth-order valence-corrected chi connectivity index (χ4v) is 2.82. The Morgan fingerprint density at radius 3 is 2.24 bits per heavy atom. The quantitative estimate of drug-likeness (QED) is 0.710. The van der Waals surface area contributed by atoms with E-state index >= 15 is 0 Å². The van der Waals surface area contributed by atoms with E-state index in [0.29, 0.717) is 11.1 Å². The lowest BCUT2D eigenvalue weighted by Crippen LogP contribution is -2.44. The topological polar surface area (TPSA) is 46.2 Å². The van der Waals surface area contributed by atoms with E-state index in [2.05, 4.69) is 11.4 Å². The van der Waals surface area contributed by atoms with Gasteiger partial charge in [0.2, 0.25) is 0 Å². The molecule has 0 fully saturated rings. The summed E-state index contributed by atoms with van der Waals surface area (Å²) in [5.74, 6) is -0.334. The lowest BCUT2D eigenvalue weighted by molar-refractivity contribution is 0.0831. The van der Waals surface area contributed by atoms with Crippen LogP contribution in [0.4, 0.5) is 0 Å². The van der Waals surface area contributed by atoms with Crippen molar-refractivity contribution in [3.8, 4) is 0 Å². The summed E-state index contributed by atoms with van der Waals surface area (Å²) >= 11 is 0. The molecule has 1 radical (unpaired) electrons. The van der Waals surface area contributed by atoms with Crippen LogP contribution in [0, 0.1) is 12.0 Å². The Kier molecular flexibility index (Phi) is 4.94. The fraction of sp³-hybridized carbons (Fsp3) is 0.182. The van der Waals surface area contributed by atoms with E-state index in [9.17, 15) is 9.59 Å². The number of benzene rings is 3. The van der Waals surface area contributed by atoms with Crippen LogP contribution in [0.5, 0.6) is 0 Å². The van der Waals surface area contributed by atoms with E-state index in [1.165, 1.54) is 0 Å². The van der Waals surface area contributed by atoms with Gasteiger partial charge in [0.1, 0.15) is 0 Å². The number of amides is 1. The Morgan fingerprint density at radius 1 is 0.880 bits per heavy atom. The third-order valence-electron chi connectivity index (χ3n) is 4.25. The van der Waals surface area contributed by atoms with Gasteiger partial charge in [-0.3, -0.25) is 9.59 Å². The van der Waals surface area contributed by atoms with Crippen LogP contribution in [0.15, 0.2) is 66.7 Å². The average Bonchev–Trinajstić information content (AvgIpc) is 2.65. The van der Waals surface area contributed by atoms with Crippen LogP contribution in [0.2, 0.25) is 0 Å². The number of Topliss-reactive ketones (excluding diaryl/α,β-unsaturated/α-hetero) is 1. The molecule has 3 nitrogen and oxygen atoms in total. The Labute approximate surface area is 147 Å². The third kappa shape index (κ3) is 3.77. The van der Waals surface area contributed by atoms with E-state index in [1.54, 1.807) is 30.3 Å². The SMILES string of the molecule is CC(C)[C@H](NC(=O)c1ccc2ccccc2c1)C(=O)c1cc[c]cc1. The largest absolute Gasteiger partial charge is 0.342 e. The second kappa shape index (κ2) is 7.31. The molecule has 0 aliphatic heterocycles. The van der Waals surface area contributed by atoms with Crippen LogP contribution in [0.25, 0.3) is 10.8 Å². The highest BCUT2D eigenvalue weighted by atomic mass is 16.2. The molecular formula is C22H20NO2. The Morgan fingerprint density at radius 2 is 1.56 bits per heavy atom. The zero-order chi connectivity index (χ0) is 17.8. The molecule has 0 bridgehead atoms. The highest BCUT2D eigenvalue weighted by molar-refractivity contribution is 6.05. The molecule has 0 saturated heterocycles. The minimum atomic E-state index is -0.568. The fourth-order valence-electron chi connectivity index (χ4n) is 2.82. The van der Waals surface area contributed by atoms with Gasteiger partial charge in [0.05, 0.1) is 6.04 Å². The first-order valence-electron chi connectivity index (χ1n) is 8.36. The van der Waals surface area contributed by atoms with Gasteiger partial charge in [-0.05, 0) is 34.9 Å². The van der Waals surface area contributed by atoms with Gasteiger partial charge in [-0.25, -0.2) is 0 Å². The summed E-state index contributed by atoms with van der Waals surface area (Å²) in [6, 6.07) is 22.6. The summed E-state index contributed by atoms with van der Waals surface area (Å²) < 4.78 is 0. The molecule has 3 aromatic carbocycles. The van der Waals surface area contributed by atoms with Crippen molar-refractivity contribution in [2.45, 2.75) is 19.9 Å². The number of nitrogens with one attached hydrogen (secondary N) is 1. The summed E-state index contributed by atoms with van der Waals surface area (Å²) in [5.41, 5.74) is 1.13.